The molecule has 84 valence electrons. The zero-order valence-corrected chi connectivity index (χ0v) is 9.80. The highest BCUT2D eigenvalue weighted by atomic mass is 16.5. The number of carbonyl (C=O) groups excluding carboxylic acids is 1. The molecule has 0 aliphatic heterocycles. The lowest BCUT2D eigenvalue weighted by atomic mass is 10.0. The maximum atomic E-state index is 11.2. The van der Waals surface area contributed by atoms with Crippen LogP contribution in [0.15, 0.2) is 0 Å². The topological polar surface area (TPSA) is 38.3 Å². The van der Waals surface area contributed by atoms with Crippen molar-refractivity contribution in [2.45, 2.75) is 46.6 Å². The average molecular weight is 201 g/mol. The van der Waals surface area contributed by atoms with Crippen LogP contribution in [0.1, 0.15) is 40.5 Å². The molecule has 0 heterocycles. The molecule has 0 aromatic carbocycles. The SMILES string of the molecule is CCOCC(=O)NC(C)CCC(C)C. The molecule has 0 radical (unpaired) electrons. The van der Waals surface area contributed by atoms with Crippen molar-refractivity contribution in [1.29, 1.82) is 0 Å². The second-order valence-corrected chi connectivity index (χ2v) is 4.08. The van der Waals surface area contributed by atoms with Gasteiger partial charge >= 0.3 is 0 Å². The molecule has 0 saturated heterocycles. The lowest BCUT2D eigenvalue weighted by molar-refractivity contribution is -0.126. The molecule has 0 aromatic heterocycles. The second kappa shape index (κ2) is 7.80. The predicted molar refractivity (Wildman–Crippen MR) is 58.2 cm³/mol. The van der Waals surface area contributed by atoms with Gasteiger partial charge in [-0.15, -0.1) is 0 Å². The van der Waals surface area contributed by atoms with Gasteiger partial charge in [-0.05, 0) is 32.6 Å². The Morgan fingerprint density at radius 3 is 2.43 bits per heavy atom. The van der Waals surface area contributed by atoms with Crippen LogP contribution in [0.3, 0.4) is 0 Å². The van der Waals surface area contributed by atoms with Gasteiger partial charge in [0.2, 0.25) is 5.91 Å². The highest BCUT2D eigenvalue weighted by molar-refractivity contribution is 5.77. The number of amides is 1. The van der Waals surface area contributed by atoms with Gasteiger partial charge in [0.15, 0.2) is 0 Å². The summed E-state index contributed by atoms with van der Waals surface area (Å²) in [5.74, 6) is 0.685. The lowest BCUT2D eigenvalue weighted by Crippen LogP contribution is -2.35. The summed E-state index contributed by atoms with van der Waals surface area (Å²) in [7, 11) is 0. The van der Waals surface area contributed by atoms with Crippen LogP contribution in [0.2, 0.25) is 0 Å². The first-order chi connectivity index (χ1) is 6.56. The molecule has 0 rings (SSSR count). The average Bonchev–Trinajstić information content (AvgIpc) is 2.11. The Hall–Kier alpha value is -0.570. The van der Waals surface area contributed by atoms with Crippen molar-refractivity contribution < 1.29 is 9.53 Å². The molecule has 1 N–H and O–H groups in total. The van der Waals surface area contributed by atoms with Crippen molar-refractivity contribution in [1.82, 2.24) is 5.32 Å². The molecule has 0 spiro atoms. The van der Waals surface area contributed by atoms with Gasteiger partial charge in [-0.2, -0.15) is 0 Å². The Morgan fingerprint density at radius 2 is 1.93 bits per heavy atom. The van der Waals surface area contributed by atoms with Crippen LogP contribution < -0.4 is 5.32 Å². The molecule has 14 heavy (non-hydrogen) atoms. The Bertz CT molecular complexity index is 157. The van der Waals surface area contributed by atoms with Crippen LogP contribution in [-0.4, -0.2) is 25.2 Å². The summed E-state index contributed by atoms with van der Waals surface area (Å²) >= 11 is 0. The number of hydrogen-bond acceptors (Lipinski definition) is 2. The third-order valence-corrected chi connectivity index (χ3v) is 2.02. The zero-order chi connectivity index (χ0) is 11.0. The predicted octanol–water partition coefficient (Wildman–Crippen LogP) is 1.96. The van der Waals surface area contributed by atoms with Gasteiger partial charge in [0.25, 0.3) is 0 Å². The Balaban J connectivity index is 3.50. The molecule has 3 heteroatoms. The molecule has 0 aromatic rings. The molecular weight excluding hydrogens is 178 g/mol. The van der Waals surface area contributed by atoms with Crippen molar-refractivity contribution in [3.8, 4) is 0 Å². The van der Waals surface area contributed by atoms with Gasteiger partial charge < -0.3 is 10.1 Å². The number of rotatable bonds is 7. The Kier molecular flexibility index (Phi) is 7.48. The fourth-order valence-corrected chi connectivity index (χ4v) is 1.17. The molecule has 0 aliphatic rings. The van der Waals surface area contributed by atoms with Crippen molar-refractivity contribution in [3.63, 3.8) is 0 Å². The van der Waals surface area contributed by atoms with E-state index in [1.807, 2.05) is 13.8 Å². The number of carbonyl (C=O) groups is 1. The zero-order valence-electron chi connectivity index (χ0n) is 9.80. The summed E-state index contributed by atoms with van der Waals surface area (Å²) in [5, 5.41) is 2.91. The number of hydrogen-bond donors (Lipinski definition) is 1. The largest absolute Gasteiger partial charge is 0.372 e. The van der Waals surface area contributed by atoms with E-state index in [0.717, 1.165) is 12.8 Å². The van der Waals surface area contributed by atoms with E-state index in [1.165, 1.54) is 0 Å². The third-order valence-electron chi connectivity index (χ3n) is 2.02. The highest BCUT2D eigenvalue weighted by Crippen LogP contribution is 2.06. The Labute approximate surface area is 87.2 Å². The van der Waals surface area contributed by atoms with E-state index in [9.17, 15) is 4.79 Å². The standard InChI is InChI=1S/C11H23NO2/c1-5-14-8-11(13)12-10(4)7-6-9(2)3/h9-10H,5-8H2,1-4H3,(H,12,13). The summed E-state index contributed by atoms with van der Waals surface area (Å²) in [6.07, 6.45) is 2.19. The van der Waals surface area contributed by atoms with Gasteiger partial charge in [0, 0.05) is 12.6 Å². The van der Waals surface area contributed by atoms with Crippen LogP contribution in [0, 0.1) is 5.92 Å². The first-order valence-corrected chi connectivity index (χ1v) is 5.43. The summed E-state index contributed by atoms with van der Waals surface area (Å²) in [6, 6.07) is 0.255. The van der Waals surface area contributed by atoms with Crippen LogP contribution in [0.4, 0.5) is 0 Å². The van der Waals surface area contributed by atoms with E-state index in [4.69, 9.17) is 4.74 Å². The minimum absolute atomic E-state index is 0.0110. The summed E-state index contributed by atoms with van der Waals surface area (Å²) in [5.41, 5.74) is 0. The molecule has 1 atom stereocenters. The minimum Gasteiger partial charge on any atom is -0.372 e. The van der Waals surface area contributed by atoms with E-state index in [-0.39, 0.29) is 18.6 Å². The number of ether oxygens (including phenoxy) is 1. The normalized spacial score (nSPS) is 12.9. The first-order valence-electron chi connectivity index (χ1n) is 5.43. The molecule has 0 bridgehead atoms. The maximum Gasteiger partial charge on any atom is 0.246 e. The molecule has 3 nitrogen and oxygen atoms in total. The Morgan fingerprint density at radius 1 is 1.29 bits per heavy atom. The van der Waals surface area contributed by atoms with Gasteiger partial charge in [-0.3, -0.25) is 4.79 Å². The first kappa shape index (κ1) is 13.4. The molecule has 0 saturated carbocycles. The second-order valence-electron chi connectivity index (χ2n) is 4.08. The van der Waals surface area contributed by atoms with Gasteiger partial charge in [0.1, 0.15) is 6.61 Å². The molecule has 0 aliphatic carbocycles. The quantitative estimate of drug-likeness (QED) is 0.684. The number of nitrogens with one attached hydrogen (secondary N) is 1. The highest BCUT2D eigenvalue weighted by Gasteiger charge is 2.07. The van der Waals surface area contributed by atoms with E-state index in [0.29, 0.717) is 12.5 Å². The van der Waals surface area contributed by atoms with Crippen LogP contribution >= 0.6 is 0 Å². The monoisotopic (exact) mass is 201 g/mol. The third kappa shape index (κ3) is 8.05. The van der Waals surface area contributed by atoms with Crippen molar-refractivity contribution in [2.24, 2.45) is 5.92 Å². The fourth-order valence-electron chi connectivity index (χ4n) is 1.17. The van der Waals surface area contributed by atoms with Crippen molar-refractivity contribution in [3.05, 3.63) is 0 Å². The smallest absolute Gasteiger partial charge is 0.246 e. The summed E-state index contributed by atoms with van der Waals surface area (Å²) in [4.78, 5) is 11.2. The van der Waals surface area contributed by atoms with Crippen LogP contribution in [0.25, 0.3) is 0 Å². The van der Waals surface area contributed by atoms with E-state index in [2.05, 4.69) is 19.2 Å². The minimum atomic E-state index is -0.0110. The van der Waals surface area contributed by atoms with Crippen molar-refractivity contribution >= 4 is 5.91 Å². The fraction of sp³-hybridized carbons (Fsp3) is 0.909. The van der Waals surface area contributed by atoms with Crippen molar-refractivity contribution in [2.75, 3.05) is 13.2 Å². The van der Waals surface area contributed by atoms with Gasteiger partial charge in [-0.1, -0.05) is 13.8 Å². The molecule has 0 fully saturated rings. The molecular formula is C11H23NO2. The molecule has 1 amide bonds. The van der Waals surface area contributed by atoms with Gasteiger partial charge in [0.05, 0.1) is 0 Å². The van der Waals surface area contributed by atoms with Crippen LogP contribution in [-0.2, 0) is 9.53 Å². The van der Waals surface area contributed by atoms with E-state index >= 15 is 0 Å². The van der Waals surface area contributed by atoms with E-state index < -0.39 is 0 Å². The lowest BCUT2D eigenvalue weighted by Gasteiger charge is -2.14. The van der Waals surface area contributed by atoms with Gasteiger partial charge in [-0.25, -0.2) is 0 Å². The van der Waals surface area contributed by atoms with E-state index in [1.54, 1.807) is 0 Å². The summed E-state index contributed by atoms with van der Waals surface area (Å²) in [6.45, 7) is 9.07. The maximum absolute atomic E-state index is 11.2. The summed E-state index contributed by atoms with van der Waals surface area (Å²) < 4.78 is 5.01. The van der Waals surface area contributed by atoms with Crippen LogP contribution in [0.5, 0.6) is 0 Å². The molecule has 1 unspecified atom stereocenters.